The van der Waals surface area contributed by atoms with E-state index in [0.29, 0.717) is 0 Å². The van der Waals surface area contributed by atoms with Crippen LogP contribution >= 0.6 is 0 Å². The van der Waals surface area contributed by atoms with E-state index in [9.17, 15) is 0 Å². The highest BCUT2D eigenvalue weighted by atomic mass is 16.3. The molecule has 0 unspecified atom stereocenters. The Labute approximate surface area is 97.7 Å². The molecule has 1 aliphatic carbocycles. The molecule has 2 N–H and O–H groups in total. The van der Waals surface area contributed by atoms with Gasteiger partial charge in [-0.3, -0.25) is 0 Å². The van der Waals surface area contributed by atoms with Gasteiger partial charge >= 0.3 is 0 Å². The number of hydrogen-bond donors (Lipinski definition) is 2. The highest BCUT2D eigenvalue weighted by Crippen LogP contribution is 2.40. The Bertz CT molecular complexity index is 356. The van der Waals surface area contributed by atoms with Gasteiger partial charge in [0.05, 0.1) is 6.61 Å². The van der Waals surface area contributed by atoms with Crippen LogP contribution in [-0.4, -0.2) is 17.3 Å². The number of nitrogens with one attached hydrogen (secondary N) is 1. The second-order valence-corrected chi connectivity index (χ2v) is 5.41. The van der Waals surface area contributed by atoms with Gasteiger partial charge < -0.3 is 10.4 Å². The smallest absolute Gasteiger partial charge is 0.0607 e. The van der Waals surface area contributed by atoms with Crippen molar-refractivity contribution in [2.45, 2.75) is 44.7 Å². The fourth-order valence-corrected chi connectivity index (χ4v) is 1.77. The van der Waals surface area contributed by atoms with E-state index in [1.165, 1.54) is 24.0 Å². The first-order valence-electron chi connectivity index (χ1n) is 6.05. The molecule has 0 spiro atoms. The molecule has 2 nitrogen and oxygen atoms in total. The molecule has 0 bridgehead atoms. The lowest BCUT2D eigenvalue weighted by molar-refractivity contribution is 0.187. The molecule has 0 amide bonds. The Hall–Kier alpha value is -0.860. The fraction of sp³-hybridized carbons (Fsp3) is 0.571. The Morgan fingerprint density at radius 1 is 1.38 bits per heavy atom. The molecule has 1 aromatic carbocycles. The summed E-state index contributed by atoms with van der Waals surface area (Å²) in [5.74, 6) is 0.811. The minimum absolute atomic E-state index is 0.162. The van der Waals surface area contributed by atoms with Gasteiger partial charge in [0.25, 0.3) is 0 Å². The lowest BCUT2D eigenvalue weighted by Gasteiger charge is -2.23. The highest BCUT2D eigenvalue weighted by Gasteiger charge is 2.23. The lowest BCUT2D eigenvalue weighted by Crippen LogP contribution is -2.42. The zero-order valence-corrected chi connectivity index (χ0v) is 10.2. The van der Waals surface area contributed by atoms with Crippen molar-refractivity contribution in [3.8, 4) is 0 Å². The Morgan fingerprint density at radius 3 is 2.75 bits per heavy atom. The Kier molecular flexibility index (Phi) is 3.31. The van der Waals surface area contributed by atoms with Gasteiger partial charge in [0.15, 0.2) is 0 Å². The van der Waals surface area contributed by atoms with E-state index in [0.717, 1.165) is 12.5 Å². The first-order valence-corrected chi connectivity index (χ1v) is 6.05. The van der Waals surface area contributed by atoms with Crippen LogP contribution in [0.4, 0.5) is 0 Å². The standard InChI is InChI=1S/C14H21NO/c1-14(2,10-16)15-9-11-4-3-5-13(8-11)12-6-7-12/h3-5,8,12,15-16H,6-7,9-10H2,1-2H3. The fourth-order valence-electron chi connectivity index (χ4n) is 1.77. The molecule has 0 saturated heterocycles. The van der Waals surface area contributed by atoms with E-state index in [4.69, 9.17) is 5.11 Å². The molecule has 0 radical (unpaired) electrons. The maximum absolute atomic E-state index is 9.16. The van der Waals surface area contributed by atoms with Crippen LogP contribution in [0.15, 0.2) is 24.3 Å². The third kappa shape index (κ3) is 3.06. The molecule has 2 rings (SSSR count). The van der Waals surface area contributed by atoms with Gasteiger partial charge in [-0.05, 0) is 43.7 Å². The van der Waals surface area contributed by atoms with Gasteiger partial charge in [-0.1, -0.05) is 24.3 Å². The molecule has 1 aliphatic rings. The number of hydrogen-bond acceptors (Lipinski definition) is 2. The summed E-state index contributed by atoms with van der Waals surface area (Å²) < 4.78 is 0. The minimum atomic E-state index is -0.199. The largest absolute Gasteiger partial charge is 0.394 e. The van der Waals surface area contributed by atoms with Crippen LogP contribution in [0.2, 0.25) is 0 Å². The molecule has 2 heteroatoms. The zero-order chi connectivity index (χ0) is 11.6. The molecule has 0 aromatic heterocycles. The average Bonchev–Trinajstić information content (AvgIpc) is 3.11. The summed E-state index contributed by atoms with van der Waals surface area (Å²) in [7, 11) is 0. The van der Waals surface area contributed by atoms with Crippen LogP contribution in [0.25, 0.3) is 0 Å². The van der Waals surface area contributed by atoms with Crippen molar-refractivity contribution in [2.24, 2.45) is 0 Å². The summed E-state index contributed by atoms with van der Waals surface area (Å²) in [5.41, 5.74) is 2.59. The van der Waals surface area contributed by atoms with E-state index in [1.54, 1.807) is 0 Å². The topological polar surface area (TPSA) is 32.3 Å². The van der Waals surface area contributed by atoms with Gasteiger partial charge in [0, 0.05) is 12.1 Å². The summed E-state index contributed by atoms with van der Waals surface area (Å²) in [5, 5.41) is 12.5. The minimum Gasteiger partial charge on any atom is -0.394 e. The van der Waals surface area contributed by atoms with Crippen LogP contribution in [-0.2, 0) is 6.54 Å². The average molecular weight is 219 g/mol. The molecular formula is C14H21NO. The summed E-state index contributed by atoms with van der Waals surface area (Å²) >= 11 is 0. The van der Waals surface area contributed by atoms with Gasteiger partial charge in [0.2, 0.25) is 0 Å². The number of aliphatic hydroxyl groups is 1. The number of rotatable bonds is 5. The predicted octanol–water partition coefficient (Wildman–Crippen LogP) is 2.42. The van der Waals surface area contributed by atoms with E-state index in [2.05, 4.69) is 29.6 Å². The second kappa shape index (κ2) is 4.56. The Morgan fingerprint density at radius 2 is 2.12 bits per heavy atom. The van der Waals surface area contributed by atoms with E-state index >= 15 is 0 Å². The van der Waals surface area contributed by atoms with E-state index in [-0.39, 0.29) is 12.1 Å². The molecular weight excluding hydrogens is 198 g/mol. The van der Waals surface area contributed by atoms with Crippen LogP contribution in [0, 0.1) is 0 Å². The van der Waals surface area contributed by atoms with Gasteiger partial charge in [-0.25, -0.2) is 0 Å². The second-order valence-electron chi connectivity index (χ2n) is 5.41. The first-order chi connectivity index (χ1) is 7.61. The van der Waals surface area contributed by atoms with Crippen molar-refractivity contribution in [1.82, 2.24) is 5.32 Å². The summed E-state index contributed by atoms with van der Waals surface area (Å²) in [4.78, 5) is 0. The van der Waals surface area contributed by atoms with Gasteiger partial charge in [0.1, 0.15) is 0 Å². The van der Waals surface area contributed by atoms with Gasteiger partial charge in [-0.15, -0.1) is 0 Å². The van der Waals surface area contributed by atoms with E-state index in [1.807, 2.05) is 13.8 Å². The quantitative estimate of drug-likeness (QED) is 0.797. The lowest BCUT2D eigenvalue weighted by atomic mass is 10.0. The normalized spacial score (nSPS) is 16.4. The number of benzene rings is 1. The summed E-state index contributed by atoms with van der Waals surface area (Å²) in [6, 6.07) is 8.79. The van der Waals surface area contributed by atoms with Crippen molar-refractivity contribution >= 4 is 0 Å². The molecule has 88 valence electrons. The van der Waals surface area contributed by atoms with E-state index < -0.39 is 0 Å². The SMILES string of the molecule is CC(C)(CO)NCc1cccc(C2CC2)c1. The molecule has 1 fully saturated rings. The van der Waals surface area contributed by atoms with Crippen LogP contribution in [0.1, 0.15) is 43.7 Å². The maximum Gasteiger partial charge on any atom is 0.0607 e. The first kappa shape index (κ1) is 11.6. The summed E-state index contributed by atoms with van der Waals surface area (Å²) in [6.07, 6.45) is 2.69. The molecule has 16 heavy (non-hydrogen) atoms. The van der Waals surface area contributed by atoms with Crippen molar-refractivity contribution in [1.29, 1.82) is 0 Å². The molecule has 0 heterocycles. The van der Waals surface area contributed by atoms with Crippen molar-refractivity contribution < 1.29 is 5.11 Å². The maximum atomic E-state index is 9.16. The third-order valence-corrected chi connectivity index (χ3v) is 3.17. The predicted molar refractivity (Wildman–Crippen MR) is 66.4 cm³/mol. The summed E-state index contributed by atoms with van der Waals surface area (Å²) in [6.45, 7) is 5.01. The third-order valence-electron chi connectivity index (χ3n) is 3.17. The Balaban J connectivity index is 1.96. The molecule has 1 aromatic rings. The zero-order valence-electron chi connectivity index (χ0n) is 10.2. The van der Waals surface area contributed by atoms with Gasteiger partial charge in [-0.2, -0.15) is 0 Å². The van der Waals surface area contributed by atoms with Crippen molar-refractivity contribution in [3.05, 3.63) is 35.4 Å². The molecule has 1 saturated carbocycles. The van der Waals surface area contributed by atoms with Crippen molar-refractivity contribution in [2.75, 3.05) is 6.61 Å². The number of aliphatic hydroxyl groups excluding tert-OH is 1. The molecule has 0 aliphatic heterocycles. The van der Waals surface area contributed by atoms with Crippen LogP contribution in [0.5, 0.6) is 0 Å². The van der Waals surface area contributed by atoms with Crippen LogP contribution < -0.4 is 5.32 Å². The molecule has 0 atom stereocenters. The van der Waals surface area contributed by atoms with Crippen LogP contribution in [0.3, 0.4) is 0 Å². The monoisotopic (exact) mass is 219 g/mol. The van der Waals surface area contributed by atoms with Crippen molar-refractivity contribution in [3.63, 3.8) is 0 Å². The highest BCUT2D eigenvalue weighted by molar-refractivity contribution is 5.29.